The third-order valence-corrected chi connectivity index (χ3v) is 2.00. The maximum absolute atomic E-state index is 5.61. The number of halogens is 1. The van der Waals surface area contributed by atoms with Gasteiger partial charge in [0.15, 0.2) is 0 Å². The average molecular weight is 221 g/mol. The fourth-order valence-corrected chi connectivity index (χ4v) is 1.25. The van der Waals surface area contributed by atoms with Crippen LogP contribution in [0.15, 0.2) is 36.7 Å². The molecule has 0 bridgehead atoms. The van der Waals surface area contributed by atoms with Crippen molar-refractivity contribution in [2.45, 2.75) is 6.92 Å². The van der Waals surface area contributed by atoms with Crippen LogP contribution < -0.4 is 4.74 Å². The normalized spacial score (nSPS) is 10.0. The molecule has 76 valence electrons. The van der Waals surface area contributed by atoms with Crippen molar-refractivity contribution in [2.24, 2.45) is 0 Å². The largest absolute Gasteiger partial charge is 0.437 e. The first-order chi connectivity index (χ1) is 7.24. The maximum Gasteiger partial charge on any atom is 0.237 e. The Labute approximate surface area is 92.7 Å². The Balaban J connectivity index is 2.18. The first kappa shape index (κ1) is 9.93. The first-order valence-corrected chi connectivity index (χ1v) is 4.84. The molecule has 4 heteroatoms. The minimum Gasteiger partial charge on any atom is -0.437 e. The van der Waals surface area contributed by atoms with Gasteiger partial charge in [-0.2, -0.15) is 0 Å². The Morgan fingerprint density at radius 3 is 2.73 bits per heavy atom. The van der Waals surface area contributed by atoms with Crippen molar-refractivity contribution in [3.63, 3.8) is 0 Å². The van der Waals surface area contributed by atoms with Crippen molar-refractivity contribution in [2.75, 3.05) is 0 Å². The number of benzene rings is 1. The van der Waals surface area contributed by atoms with E-state index in [-0.39, 0.29) is 0 Å². The van der Waals surface area contributed by atoms with E-state index in [2.05, 4.69) is 9.97 Å². The summed E-state index contributed by atoms with van der Waals surface area (Å²) < 4.78 is 5.48. The topological polar surface area (TPSA) is 35.0 Å². The van der Waals surface area contributed by atoms with Crippen LogP contribution in [-0.2, 0) is 0 Å². The molecule has 2 rings (SSSR count). The molecule has 2 aromatic rings. The molecule has 0 fully saturated rings. The second-order valence-electron chi connectivity index (χ2n) is 3.10. The van der Waals surface area contributed by atoms with E-state index in [0.29, 0.717) is 11.0 Å². The van der Waals surface area contributed by atoms with Crippen molar-refractivity contribution >= 4 is 11.6 Å². The summed E-state index contributed by atoms with van der Waals surface area (Å²) >= 11 is 5.61. The van der Waals surface area contributed by atoms with Crippen molar-refractivity contribution in [3.05, 3.63) is 47.4 Å². The number of nitrogens with zero attached hydrogens (tertiary/aromatic N) is 2. The molecule has 0 atom stereocenters. The van der Waals surface area contributed by atoms with E-state index in [1.54, 1.807) is 0 Å². The second-order valence-corrected chi connectivity index (χ2v) is 3.48. The molecule has 0 N–H and O–H groups in total. The highest BCUT2D eigenvalue weighted by Crippen LogP contribution is 2.19. The van der Waals surface area contributed by atoms with Gasteiger partial charge in [0.25, 0.3) is 0 Å². The molecule has 0 saturated carbocycles. The van der Waals surface area contributed by atoms with Crippen LogP contribution in [0.1, 0.15) is 5.56 Å². The third kappa shape index (κ3) is 2.67. The van der Waals surface area contributed by atoms with Gasteiger partial charge in [-0.15, -0.1) is 0 Å². The average Bonchev–Trinajstić information content (AvgIpc) is 2.22. The molecule has 0 aliphatic carbocycles. The zero-order valence-electron chi connectivity index (χ0n) is 8.14. The number of aryl methyl sites for hydroxylation is 1. The predicted molar refractivity (Wildman–Crippen MR) is 58.3 cm³/mol. The van der Waals surface area contributed by atoms with Crippen LogP contribution in [0.25, 0.3) is 0 Å². The predicted octanol–water partition coefficient (Wildman–Crippen LogP) is 3.23. The van der Waals surface area contributed by atoms with Gasteiger partial charge in [-0.25, -0.2) is 9.97 Å². The van der Waals surface area contributed by atoms with Gasteiger partial charge in [0.05, 0.1) is 12.4 Å². The molecule has 1 heterocycles. The van der Waals surface area contributed by atoms with Crippen LogP contribution in [-0.4, -0.2) is 9.97 Å². The van der Waals surface area contributed by atoms with Crippen LogP contribution in [0, 0.1) is 6.92 Å². The highest BCUT2D eigenvalue weighted by Gasteiger charge is 1.99. The lowest BCUT2D eigenvalue weighted by Gasteiger charge is -2.04. The summed E-state index contributed by atoms with van der Waals surface area (Å²) in [5.41, 5.74) is 1.13. The molecule has 0 aliphatic heterocycles. The number of hydrogen-bond acceptors (Lipinski definition) is 3. The maximum atomic E-state index is 5.61. The molecule has 0 saturated heterocycles. The van der Waals surface area contributed by atoms with Gasteiger partial charge in [-0.3, -0.25) is 0 Å². The Morgan fingerprint density at radius 1 is 1.20 bits per heavy atom. The fraction of sp³-hybridized carbons (Fsp3) is 0.0909. The SMILES string of the molecule is Cc1cccc(Oc2cnc(Cl)cn2)c1. The molecule has 15 heavy (non-hydrogen) atoms. The van der Waals surface area contributed by atoms with Crippen molar-refractivity contribution in [1.82, 2.24) is 9.97 Å². The number of ether oxygens (including phenoxy) is 1. The summed E-state index contributed by atoms with van der Waals surface area (Å²) in [5.74, 6) is 1.18. The molecule has 3 nitrogen and oxygen atoms in total. The van der Waals surface area contributed by atoms with E-state index < -0.39 is 0 Å². The van der Waals surface area contributed by atoms with E-state index in [9.17, 15) is 0 Å². The molecular weight excluding hydrogens is 212 g/mol. The summed E-state index contributed by atoms with van der Waals surface area (Å²) in [7, 11) is 0. The standard InChI is InChI=1S/C11H9ClN2O/c1-8-3-2-4-9(5-8)15-11-7-13-10(12)6-14-11/h2-7H,1H3. The summed E-state index contributed by atoms with van der Waals surface area (Å²) in [6, 6.07) is 7.72. The van der Waals surface area contributed by atoms with Gasteiger partial charge < -0.3 is 4.74 Å². The highest BCUT2D eigenvalue weighted by atomic mass is 35.5. The highest BCUT2D eigenvalue weighted by molar-refractivity contribution is 6.29. The van der Waals surface area contributed by atoms with E-state index in [1.807, 2.05) is 31.2 Å². The molecule has 0 aliphatic rings. The van der Waals surface area contributed by atoms with Crippen LogP contribution in [0.4, 0.5) is 0 Å². The molecule has 0 amide bonds. The van der Waals surface area contributed by atoms with Crippen LogP contribution in [0.2, 0.25) is 5.15 Å². The van der Waals surface area contributed by atoms with Crippen molar-refractivity contribution in [3.8, 4) is 11.6 Å². The van der Waals surface area contributed by atoms with Crippen LogP contribution >= 0.6 is 11.6 Å². The zero-order chi connectivity index (χ0) is 10.7. The number of rotatable bonds is 2. The second kappa shape index (κ2) is 4.28. The Hall–Kier alpha value is -1.61. The van der Waals surface area contributed by atoms with E-state index in [0.717, 1.165) is 11.3 Å². The van der Waals surface area contributed by atoms with Gasteiger partial charge in [0, 0.05) is 0 Å². The van der Waals surface area contributed by atoms with Gasteiger partial charge in [0.1, 0.15) is 10.9 Å². The monoisotopic (exact) mass is 220 g/mol. The summed E-state index contributed by atoms with van der Waals surface area (Å²) in [6.07, 6.45) is 2.94. The van der Waals surface area contributed by atoms with Gasteiger partial charge in [0.2, 0.25) is 5.88 Å². The van der Waals surface area contributed by atoms with E-state index in [4.69, 9.17) is 16.3 Å². The quantitative estimate of drug-likeness (QED) is 0.780. The fourth-order valence-electron chi connectivity index (χ4n) is 1.15. The lowest BCUT2D eigenvalue weighted by molar-refractivity contribution is 0.460. The van der Waals surface area contributed by atoms with Crippen LogP contribution in [0.5, 0.6) is 11.6 Å². The van der Waals surface area contributed by atoms with Gasteiger partial charge in [-0.05, 0) is 24.6 Å². The zero-order valence-corrected chi connectivity index (χ0v) is 8.90. The van der Waals surface area contributed by atoms with Crippen molar-refractivity contribution < 1.29 is 4.74 Å². The Morgan fingerprint density at radius 2 is 2.07 bits per heavy atom. The van der Waals surface area contributed by atoms with Gasteiger partial charge >= 0.3 is 0 Å². The lowest BCUT2D eigenvalue weighted by Crippen LogP contribution is -1.89. The minimum absolute atomic E-state index is 0.353. The summed E-state index contributed by atoms with van der Waals surface area (Å²) in [5, 5.41) is 0.353. The van der Waals surface area contributed by atoms with E-state index in [1.165, 1.54) is 12.4 Å². The van der Waals surface area contributed by atoms with Gasteiger partial charge in [-0.1, -0.05) is 23.7 Å². The summed E-state index contributed by atoms with van der Waals surface area (Å²) in [4.78, 5) is 7.86. The molecule has 1 aromatic heterocycles. The molecule has 0 spiro atoms. The molecular formula is C11H9ClN2O. The first-order valence-electron chi connectivity index (χ1n) is 4.46. The van der Waals surface area contributed by atoms with E-state index >= 15 is 0 Å². The Bertz CT molecular complexity index is 456. The lowest BCUT2D eigenvalue weighted by atomic mass is 10.2. The number of aromatic nitrogens is 2. The molecule has 1 aromatic carbocycles. The third-order valence-electron chi connectivity index (χ3n) is 1.81. The molecule has 0 unspecified atom stereocenters. The minimum atomic E-state index is 0.353. The Kier molecular flexibility index (Phi) is 2.83. The molecule has 0 radical (unpaired) electrons. The van der Waals surface area contributed by atoms with Crippen molar-refractivity contribution in [1.29, 1.82) is 0 Å². The number of hydrogen-bond donors (Lipinski definition) is 0. The smallest absolute Gasteiger partial charge is 0.237 e. The van der Waals surface area contributed by atoms with Crippen LogP contribution in [0.3, 0.4) is 0 Å². The summed E-state index contributed by atoms with van der Waals surface area (Å²) in [6.45, 7) is 2.00.